The van der Waals surface area contributed by atoms with E-state index in [1.54, 1.807) is 18.3 Å². The predicted molar refractivity (Wildman–Crippen MR) is 214 cm³/mol. The Morgan fingerprint density at radius 3 is 2.32 bits per heavy atom. The van der Waals surface area contributed by atoms with Crippen molar-refractivity contribution in [3.05, 3.63) is 106 Å². The molecule has 0 atom stereocenters. The minimum atomic E-state index is -4.77. The van der Waals surface area contributed by atoms with E-state index in [-0.39, 0.29) is 11.7 Å². The summed E-state index contributed by atoms with van der Waals surface area (Å²) in [4.78, 5) is 22.9. The van der Waals surface area contributed by atoms with Crippen LogP contribution in [0.15, 0.2) is 79.3 Å². The predicted octanol–water partition coefficient (Wildman–Crippen LogP) is 6.98. The molecule has 2 aliphatic rings. The van der Waals surface area contributed by atoms with Gasteiger partial charge < -0.3 is 24.5 Å². The number of alkyl halides is 3. The second-order valence-corrected chi connectivity index (χ2v) is 15.5. The lowest BCUT2D eigenvalue weighted by Gasteiger charge is -2.37. The zero-order chi connectivity index (χ0) is 39.3. The van der Waals surface area contributed by atoms with Crippen LogP contribution >= 0.6 is 23.2 Å². The molecule has 3 aromatic carbocycles. The van der Waals surface area contributed by atoms with Gasteiger partial charge in [0.2, 0.25) is 5.91 Å². The number of piperidine rings is 1. The number of imidazole rings is 1. The molecule has 2 aliphatic heterocycles. The van der Waals surface area contributed by atoms with Crippen molar-refractivity contribution >= 4 is 40.0 Å². The van der Waals surface area contributed by atoms with Gasteiger partial charge in [-0.05, 0) is 79.9 Å². The molecule has 0 unspecified atom stereocenters. The van der Waals surface area contributed by atoms with Crippen LogP contribution in [-0.4, -0.2) is 87.5 Å². The van der Waals surface area contributed by atoms with Crippen molar-refractivity contribution in [2.45, 2.75) is 57.3 Å². The number of nitrogens with one attached hydrogen (secondary N) is 3. The third kappa shape index (κ3) is 9.70. The van der Waals surface area contributed by atoms with E-state index >= 15 is 0 Å². The highest BCUT2D eigenvalue weighted by Crippen LogP contribution is 2.34. The van der Waals surface area contributed by atoms with Gasteiger partial charge in [-0.15, -0.1) is 13.2 Å². The largest absolute Gasteiger partial charge is 0.573 e. The van der Waals surface area contributed by atoms with Crippen molar-refractivity contribution < 1.29 is 22.7 Å². The summed E-state index contributed by atoms with van der Waals surface area (Å²) in [6.45, 7) is 8.12. The number of aromatic nitrogens is 3. The first-order valence-electron chi connectivity index (χ1n) is 19.0. The summed E-state index contributed by atoms with van der Waals surface area (Å²) < 4.78 is 47.0. The fraction of sp³-hybridized carbons (Fsp3) is 0.415. The number of hydrogen-bond donors (Lipinski definition) is 3. The third-order valence-corrected chi connectivity index (χ3v) is 11.6. The molecular formula is C41H47Cl2F3N8O2. The van der Waals surface area contributed by atoms with E-state index in [0.717, 1.165) is 84.8 Å². The maximum Gasteiger partial charge on any atom is 0.573 e. The van der Waals surface area contributed by atoms with Gasteiger partial charge in [-0.3, -0.25) is 19.9 Å². The molecule has 2 fully saturated rings. The van der Waals surface area contributed by atoms with Gasteiger partial charge in [0, 0.05) is 110 Å². The van der Waals surface area contributed by atoms with Crippen molar-refractivity contribution in [2.75, 3.05) is 45.8 Å². The lowest BCUT2D eigenvalue weighted by molar-refractivity contribution is -0.274. The molecule has 0 spiro atoms. The Morgan fingerprint density at radius 1 is 0.964 bits per heavy atom. The number of carbonyl (C=O) groups is 1. The normalized spacial score (nSPS) is 16.7. The highest BCUT2D eigenvalue weighted by Gasteiger charge is 2.39. The van der Waals surface area contributed by atoms with Crippen molar-refractivity contribution in [1.29, 1.82) is 0 Å². The molecule has 2 aromatic heterocycles. The first-order chi connectivity index (χ1) is 27.0. The number of carbonyl (C=O) groups excluding carboxylic acids is 1. The van der Waals surface area contributed by atoms with E-state index in [4.69, 9.17) is 23.2 Å². The van der Waals surface area contributed by atoms with Gasteiger partial charge >= 0.3 is 6.36 Å². The average Bonchev–Trinajstić information content (AvgIpc) is 3.77. The summed E-state index contributed by atoms with van der Waals surface area (Å²) in [6.07, 6.45) is 2.98. The van der Waals surface area contributed by atoms with Gasteiger partial charge in [0.25, 0.3) is 0 Å². The maximum atomic E-state index is 13.7. The Balaban J connectivity index is 1.03. The maximum absolute atomic E-state index is 13.7. The summed E-state index contributed by atoms with van der Waals surface area (Å²) in [5, 5.41) is 12.4. The molecule has 56 heavy (non-hydrogen) atoms. The second-order valence-electron chi connectivity index (χ2n) is 14.7. The zero-order valence-corrected chi connectivity index (χ0v) is 32.9. The van der Waals surface area contributed by atoms with Gasteiger partial charge in [0.05, 0.1) is 6.54 Å². The standard InChI is InChI=1S/C41H47Cl2F3N8O2/c1-51-19-17-48-38(51)25-50-40(12-15-47-16-13-40)39(55)49-14-3-18-54-28-33(30-7-9-31(10-8-30)56-41(44,45)46)32-24-29(6-11-37(32)54)26-52-20-22-53(23-21-52)27-34-35(42)4-2-5-36(34)43/h2,4-11,17,19,24,28,47,50H,3,12-16,18,20-23,25-27H2,1H3,(H,49,55). The van der Waals surface area contributed by atoms with E-state index in [0.29, 0.717) is 55.5 Å². The quantitative estimate of drug-likeness (QED) is 0.104. The van der Waals surface area contributed by atoms with Gasteiger partial charge in [-0.2, -0.15) is 0 Å². The molecule has 5 aromatic rings. The third-order valence-electron chi connectivity index (χ3n) is 10.9. The Bertz CT molecular complexity index is 2090. The Hall–Kier alpha value is -4.11. The van der Waals surface area contributed by atoms with Crippen molar-refractivity contribution in [2.24, 2.45) is 7.05 Å². The van der Waals surface area contributed by atoms with Crippen LogP contribution in [0.25, 0.3) is 22.0 Å². The molecule has 7 rings (SSSR count). The topological polar surface area (TPSA) is 91.6 Å². The highest BCUT2D eigenvalue weighted by molar-refractivity contribution is 6.36. The molecule has 0 bridgehead atoms. The highest BCUT2D eigenvalue weighted by atomic mass is 35.5. The minimum absolute atomic E-state index is 0.00874. The average molecular weight is 812 g/mol. The number of nitrogens with zero attached hydrogens (tertiary/aromatic N) is 5. The Kier molecular flexibility index (Phi) is 12.6. The van der Waals surface area contributed by atoms with E-state index in [1.165, 1.54) is 12.1 Å². The van der Waals surface area contributed by atoms with Crippen LogP contribution in [0.5, 0.6) is 5.75 Å². The van der Waals surface area contributed by atoms with E-state index in [1.807, 2.05) is 36.0 Å². The molecule has 0 radical (unpaired) electrons. The van der Waals surface area contributed by atoms with Gasteiger partial charge in [-0.1, -0.05) is 47.5 Å². The SMILES string of the molecule is Cn1ccnc1CNC1(C(=O)NCCCn2cc(-c3ccc(OC(F)(F)F)cc3)c3cc(CN4CCN(Cc5c(Cl)cccc5Cl)CC4)ccc32)CCNCC1. The van der Waals surface area contributed by atoms with Gasteiger partial charge in [0.1, 0.15) is 17.1 Å². The number of benzene rings is 3. The van der Waals surface area contributed by atoms with E-state index in [2.05, 4.69) is 64.4 Å². The molecule has 2 saturated heterocycles. The summed E-state index contributed by atoms with van der Waals surface area (Å²) in [7, 11) is 1.94. The Labute approximate surface area is 334 Å². The van der Waals surface area contributed by atoms with Crippen LogP contribution in [0.2, 0.25) is 10.0 Å². The number of amides is 1. The molecule has 1 amide bonds. The minimum Gasteiger partial charge on any atom is -0.406 e. The first kappa shape index (κ1) is 40.1. The fourth-order valence-electron chi connectivity index (χ4n) is 7.74. The number of halogens is 5. The number of fused-ring (bicyclic) bond motifs is 1. The van der Waals surface area contributed by atoms with Crippen molar-refractivity contribution in [1.82, 2.24) is 39.9 Å². The molecule has 0 saturated carbocycles. The molecule has 10 nitrogen and oxygen atoms in total. The Morgan fingerprint density at radius 2 is 1.66 bits per heavy atom. The van der Waals surface area contributed by atoms with Crippen LogP contribution < -0.4 is 20.7 Å². The van der Waals surface area contributed by atoms with E-state index < -0.39 is 11.9 Å². The van der Waals surface area contributed by atoms with Crippen LogP contribution in [0, 0.1) is 0 Å². The monoisotopic (exact) mass is 810 g/mol. The molecule has 15 heteroatoms. The summed E-state index contributed by atoms with van der Waals surface area (Å²) >= 11 is 12.9. The number of aryl methyl sites for hydroxylation is 2. The summed E-state index contributed by atoms with van der Waals surface area (Å²) in [5.74, 6) is 0.596. The lowest BCUT2D eigenvalue weighted by Crippen LogP contribution is -2.61. The smallest absolute Gasteiger partial charge is 0.406 e. The summed E-state index contributed by atoms with van der Waals surface area (Å²) in [5.41, 5.74) is 4.13. The van der Waals surface area contributed by atoms with Crippen LogP contribution in [0.4, 0.5) is 13.2 Å². The fourth-order valence-corrected chi connectivity index (χ4v) is 8.25. The first-order valence-corrected chi connectivity index (χ1v) is 19.8. The second kappa shape index (κ2) is 17.6. The molecule has 0 aliphatic carbocycles. The van der Waals surface area contributed by atoms with Crippen molar-refractivity contribution in [3.63, 3.8) is 0 Å². The molecule has 298 valence electrons. The van der Waals surface area contributed by atoms with Crippen molar-refractivity contribution in [3.8, 4) is 16.9 Å². The number of ether oxygens (including phenoxy) is 1. The van der Waals surface area contributed by atoms with Crippen LogP contribution in [-0.2, 0) is 38.0 Å². The van der Waals surface area contributed by atoms with Gasteiger partial charge in [0.15, 0.2) is 0 Å². The number of rotatable bonds is 14. The van der Waals surface area contributed by atoms with E-state index in [9.17, 15) is 18.0 Å². The number of piperazine rings is 1. The van der Waals surface area contributed by atoms with Crippen LogP contribution in [0.3, 0.4) is 0 Å². The summed E-state index contributed by atoms with van der Waals surface area (Å²) in [6, 6.07) is 18.1. The molecule has 3 N–H and O–H groups in total. The lowest BCUT2D eigenvalue weighted by atomic mass is 9.87. The number of hydrogen-bond acceptors (Lipinski definition) is 7. The molecular weight excluding hydrogens is 764 g/mol. The zero-order valence-electron chi connectivity index (χ0n) is 31.3. The molecule has 4 heterocycles. The van der Waals surface area contributed by atoms with Crippen LogP contribution in [0.1, 0.15) is 36.2 Å². The van der Waals surface area contributed by atoms with Gasteiger partial charge in [-0.25, -0.2) is 4.98 Å².